The minimum Gasteiger partial charge on any atom is -0.496 e. The number of anilines is 1. The molecule has 0 aliphatic heterocycles. The minimum atomic E-state index is -0.509. The third-order valence-electron chi connectivity index (χ3n) is 6.89. The zero-order valence-electron chi connectivity index (χ0n) is 20.7. The van der Waals surface area contributed by atoms with E-state index in [1.165, 1.54) is 6.33 Å². The zero-order valence-corrected chi connectivity index (χ0v) is 20.7. The van der Waals surface area contributed by atoms with Crippen molar-refractivity contribution in [3.63, 3.8) is 0 Å². The number of carbonyl (C=O) groups is 1. The van der Waals surface area contributed by atoms with Crippen LogP contribution in [0.3, 0.4) is 0 Å². The number of nitrogen functional groups attached to an aromatic ring is 1. The Bertz CT molecular complexity index is 1690. The predicted octanol–water partition coefficient (Wildman–Crippen LogP) is 4.03. The summed E-state index contributed by atoms with van der Waals surface area (Å²) in [5.74, 6) is 0.673. The summed E-state index contributed by atoms with van der Waals surface area (Å²) in [6, 6.07) is 19.2. The average molecular weight is 507 g/mol. The van der Waals surface area contributed by atoms with Crippen LogP contribution in [0.15, 0.2) is 79.1 Å². The quantitative estimate of drug-likeness (QED) is 0.297. The molecule has 1 amide bonds. The van der Waals surface area contributed by atoms with E-state index in [0.29, 0.717) is 46.8 Å². The second kappa shape index (κ2) is 9.60. The summed E-state index contributed by atoms with van der Waals surface area (Å²) in [4.78, 5) is 21.8. The van der Waals surface area contributed by atoms with Gasteiger partial charge in [0.2, 0.25) is 0 Å². The van der Waals surface area contributed by atoms with Crippen LogP contribution >= 0.6 is 0 Å². The predicted molar refractivity (Wildman–Crippen MR) is 146 cm³/mol. The largest absolute Gasteiger partial charge is 0.496 e. The molecular weight excluding hydrogens is 480 g/mol. The second-order valence-corrected chi connectivity index (χ2v) is 9.25. The topological polar surface area (TPSA) is 128 Å². The molecule has 5 aromatic rings. The molecule has 9 heteroatoms. The van der Waals surface area contributed by atoms with Crippen molar-refractivity contribution >= 4 is 33.5 Å². The first-order valence-corrected chi connectivity index (χ1v) is 12.3. The maximum Gasteiger partial charge on any atom is 0.255 e. The number of hydrogen-bond donors (Lipinski definition) is 3. The van der Waals surface area contributed by atoms with Gasteiger partial charge in [-0.2, -0.15) is 5.10 Å². The number of aliphatic hydroxyl groups is 1. The highest BCUT2D eigenvalue weighted by Gasteiger charge is 2.25. The van der Waals surface area contributed by atoms with Crippen LogP contribution in [0.1, 0.15) is 28.4 Å². The Balaban J connectivity index is 1.26. The van der Waals surface area contributed by atoms with Gasteiger partial charge >= 0.3 is 0 Å². The van der Waals surface area contributed by atoms with E-state index in [2.05, 4.69) is 15.3 Å². The molecule has 0 fully saturated rings. The number of benzene rings is 3. The number of allylic oxidation sites excluding steroid dienone is 1. The molecule has 2 atom stereocenters. The number of nitrogens with zero attached hydrogens (tertiary/aromatic N) is 4. The number of methoxy groups -OCH3 is 1. The summed E-state index contributed by atoms with van der Waals surface area (Å²) in [5, 5.41) is 20.3. The van der Waals surface area contributed by atoms with Gasteiger partial charge < -0.3 is 20.9 Å². The zero-order chi connectivity index (χ0) is 26.2. The van der Waals surface area contributed by atoms with Crippen LogP contribution in [0.2, 0.25) is 0 Å². The Labute approximate surface area is 218 Å². The molecule has 2 unspecified atom stereocenters. The minimum absolute atomic E-state index is 0.115. The summed E-state index contributed by atoms with van der Waals surface area (Å²) in [5.41, 5.74) is 9.82. The van der Waals surface area contributed by atoms with Crippen LogP contribution in [0.5, 0.6) is 5.75 Å². The Morgan fingerprint density at radius 2 is 1.92 bits per heavy atom. The van der Waals surface area contributed by atoms with Crippen molar-refractivity contribution in [1.29, 1.82) is 0 Å². The molecule has 4 N–H and O–H groups in total. The van der Waals surface area contributed by atoms with Gasteiger partial charge in [0.1, 0.15) is 23.6 Å². The first-order valence-electron chi connectivity index (χ1n) is 12.3. The van der Waals surface area contributed by atoms with Crippen LogP contribution in [0.4, 0.5) is 5.82 Å². The summed E-state index contributed by atoms with van der Waals surface area (Å²) >= 11 is 0. The Kier molecular flexibility index (Phi) is 5.97. The number of hydrogen-bond acceptors (Lipinski definition) is 7. The lowest BCUT2D eigenvalue weighted by molar-refractivity contribution is 0.0949. The van der Waals surface area contributed by atoms with E-state index in [1.54, 1.807) is 17.9 Å². The van der Waals surface area contributed by atoms with Crippen LogP contribution in [0, 0.1) is 0 Å². The van der Waals surface area contributed by atoms with Gasteiger partial charge in [-0.05, 0) is 22.4 Å². The van der Waals surface area contributed by atoms with E-state index in [-0.39, 0.29) is 11.9 Å². The van der Waals surface area contributed by atoms with Gasteiger partial charge in [-0.3, -0.25) is 4.79 Å². The molecule has 0 saturated carbocycles. The molecule has 0 radical (unpaired) electrons. The summed E-state index contributed by atoms with van der Waals surface area (Å²) < 4.78 is 7.27. The molecule has 0 saturated heterocycles. The Morgan fingerprint density at radius 1 is 1.11 bits per heavy atom. The summed E-state index contributed by atoms with van der Waals surface area (Å²) in [7, 11) is 1.56. The fourth-order valence-electron chi connectivity index (χ4n) is 4.98. The maximum atomic E-state index is 13.2. The van der Waals surface area contributed by atoms with Crippen molar-refractivity contribution in [2.24, 2.45) is 0 Å². The van der Waals surface area contributed by atoms with Crippen molar-refractivity contribution in [3.8, 4) is 17.0 Å². The van der Waals surface area contributed by atoms with Crippen molar-refractivity contribution < 1.29 is 14.6 Å². The highest BCUT2D eigenvalue weighted by atomic mass is 16.5. The molecular formula is C29H26N6O3. The lowest BCUT2D eigenvalue weighted by Gasteiger charge is -2.12. The first-order chi connectivity index (χ1) is 18.5. The van der Waals surface area contributed by atoms with Crippen molar-refractivity contribution in [3.05, 3.63) is 90.3 Å². The molecule has 2 heterocycles. The number of rotatable bonds is 6. The highest BCUT2D eigenvalue weighted by molar-refractivity contribution is 6.09. The molecule has 190 valence electrons. The molecule has 0 spiro atoms. The summed E-state index contributed by atoms with van der Waals surface area (Å²) in [6.45, 7) is 0.344. The third kappa shape index (κ3) is 4.12. The Hall–Kier alpha value is -4.76. The van der Waals surface area contributed by atoms with Gasteiger partial charge in [0.25, 0.3) is 5.91 Å². The van der Waals surface area contributed by atoms with Crippen molar-refractivity contribution in [2.45, 2.75) is 25.1 Å². The SMILES string of the molecule is COc1ccc2ccccc2c1C(=O)NCc1ccc(-c2nn(C3C=CC(O)C3)c3ncnc(N)c23)cc1. The van der Waals surface area contributed by atoms with Gasteiger partial charge in [0.15, 0.2) is 5.65 Å². The maximum absolute atomic E-state index is 13.2. The smallest absolute Gasteiger partial charge is 0.255 e. The highest BCUT2D eigenvalue weighted by Crippen LogP contribution is 2.34. The van der Waals surface area contributed by atoms with Crippen LogP contribution in [0.25, 0.3) is 33.1 Å². The fraction of sp³-hybridized carbons (Fsp3) is 0.172. The molecule has 1 aliphatic rings. The van der Waals surface area contributed by atoms with Crippen LogP contribution < -0.4 is 15.8 Å². The lowest BCUT2D eigenvalue weighted by atomic mass is 10.0. The molecule has 2 aromatic heterocycles. The van der Waals surface area contributed by atoms with E-state index < -0.39 is 6.10 Å². The van der Waals surface area contributed by atoms with Crippen LogP contribution in [-0.2, 0) is 6.54 Å². The normalized spacial score (nSPS) is 16.8. The molecule has 3 aromatic carbocycles. The molecule has 9 nitrogen and oxygen atoms in total. The Morgan fingerprint density at radius 3 is 2.68 bits per heavy atom. The number of aromatic nitrogens is 4. The number of aliphatic hydroxyl groups excluding tert-OH is 1. The van der Waals surface area contributed by atoms with Gasteiger partial charge in [-0.1, -0.05) is 66.7 Å². The number of amides is 1. The monoisotopic (exact) mass is 506 g/mol. The van der Waals surface area contributed by atoms with Crippen molar-refractivity contribution in [2.75, 3.05) is 12.8 Å². The van der Waals surface area contributed by atoms with E-state index in [4.69, 9.17) is 15.6 Å². The summed E-state index contributed by atoms with van der Waals surface area (Å²) in [6.07, 6.45) is 5.13. The number of carbonyl (C=O) groups excluding carboxylic acids is 1. The fourth-order valence-corrected chi connectivity index (χ4v) is 4.98. The first kappa shape index (κ1) is 23.6. The van der Waals surface area contributed by atoms with Gasteiger partial charge in [0, 0.05) is 18.5 Å². The molecule has 0 bridgehead atoms. The lowest BCUT2D eigenvalue weighted by Crippen LogP contribution is -2.23. The van der Waals surface area contributed by atoms with Crippen LogP contribution in [-0.4, -0.2) is 44.0 Å². The number of nitrogens with two attached hydrogens (primary N) is 1. The number of ether oxygens (including phenoxy) is 1. The number of nitrogens with one attached hydrogen (secondary N) is 1. The second-order valence-electron chi connectivity index (χ2n) is 9.25. The van der Waals surface area contributed by atoms with E-state index in [0.717, 1.165) is 21.9 Å². The standard InChI is InChI=1S/C29H26N6O3/c1-38-23-13-10-18-4-2-3-5-22(18)24(23)29(37)31-15-17-6-8-19(9-7-17)26-25-27(30)32-16-33-28(25)35(34-26)20-11-12-21(36)14-20/h2-13,16,20-21,36H,14-15H2,1H3,(H,31,37)(H2,30,32,33). The van der Waals surface area contributed by atoms with Gasteiger partial charge in [-0.25, -0.2) is 14.6 Å². The molecule has 6 rings (SSSR count). The van der Waals surface area contributed by atoms with Gasteiger partial charge in [-0.15, -0.1) is 0 Å². The third-order valence-corrected chi connectivity index (χ3v) is 6.89. The average Bonchev–Trinajstić information content (AvgIpc) is 3.55. The van der Waals surface area contributed by atoms with Gasteiger partial charge in [0.05, 0.1) is 30.2 Å². The van der Waals surface area contributed by atoms with Crippen molar-refractivity contribution in [1.82, 2.24) is 25.1 Å². The van der Waals surface area contributed by atoms with E-state index in [9.17, 15) is 9.90 Å². The number of fused-ring (bicyclic) bond motifs is 2. The molecule has 38 heavy (non-hydrogen) atoms. The van der Waals surface area contributed by atoms with E-state index >= 15 is 0 Å². The van der Waals surface area contributed by atoms with E-state index in [1.807, 2.05) is 66.7 Å². The molecule has 1 aliphatic carbocycles.